The summed E-state index contributed by atoms with van der Waals surface area (Å²) in [7, 11) is -3.65. The van der Waals surface area contributed by atoms with Crippen LogP contribution in [0.1, 0.15) is 28.8 Å². The third-order valence-corrected chi connectivity index (χ3v) is 5.34. The van der Waals surface area contributed by atoms with E-state index in [4.69, 9.17) is 5.11 Å². The molecule has 1 aromatic carbocycles. The van der Waals surface area contributed by atoms with Gasteiger partial charge in [0.15, 0.2) is 0 Å². The minimum Gasteiger partial charge on any atom is -0.478 e. The molecule has 7 heteroatoms. The standard InChI is InChI=1S/C12H14BrNO4S/c1-7-10(12(15)16)4-9(5-11(7)13)19(17,18)14-6-8-2-3-8/h4-5,8,14H,2-3,6H2,1H3,(H,15,16). The number of carboxylic acid groups (broad SMARTS) is 1. The summed E-state index contributed by atoms with van der Waals surface area (Å²) in [5.41, 5.74) is 0.495. The fourth-order valence-electron chi connectivity index (χ4n) is 1.66. The second-order valence-corrected chi connectivity index (χ2v) is 7.30. The van der Waals surface area contributed by atoms with Crippen molar-refractivity contribution in [3.8, 4) is 0 Å². The van der Waals surface area contributed by atoms with Gasteiger partial charge >= 0.3 is 5.97 Å². The van der Waals surface area contributed by atoms with E-state index in [2.05, 4.69) is 20.7 Å². The van der Waals surface area contributed by atoms with Crippen LogP contribution >= 0.6 is 15.9 Å². The molecule has 0 spiro atoms. The summed E-state index contributed by atoms with van der Waals surface area (Å²) >= 11 is 3.19. The van der Waals surface area contributed by atoms with Crippen LogP contribution in [0.15, 0.2) is 21.5 Å². The number of sulfonamides is 1. The zero-order valence-corrected chi connectivity index (χ0v) is 12.7. The zero-order chi connectivity index (χ0) is 14.2. The maximum absolute atomic E-state index is 12.1. The van der Waals surface area contributed by atoms with E-state index < -0.39 is 16.0 Å². The predicted molar refractivity (Wildman–Crippen MR) is 73.8 cm³/mol. The molecule has 0 heterocycles. The molecule has 0 unspecified atom stereocenters. The number of hydrogen-bond acceptors (Lipinski definition) is 3. The molecule has 104 valence electrons. The van der Waals surface area contributed by atoms with Crippen LogP contribution in [0.2, 0.25) is 0 Å². The monoisotopic (exact) mass is 347 g/mol. The van der Waals surface area contributed by atoms with E-state index in [1.54, 1.807) is 6.92 Å². The van der Waals surface area contributed by atoms with Crippen LogP contribution in [0, 0.1) is 12.8 Å². The first-order valence-electron chi connectivity index (χ1n) is 5.84. The highest BCUT2D eigenvalue weighted by Gasteiger charge is 2.25. The molecule has 0 radical (unpaired) electrons. The van der Waals surface area contributed by atoms with Gasteiger partial charge in [0.1, 0.15) is 0 Å². The number of benzene rings is 1. The first-order valence-corrected chi connectivity index (χ1v) is 8.12. The van der Waals surface area contributed by atoms with Crippen molar-refractivity contribution in [1.82, 2.24) is 4.72 Å². The molecule has 19 heavy (non-hydrogen) atoms. The van der Waals surface area contributed by atoms with Crippen molar-refractivity contribution in [3.63, 3.8) is 0 Å². The van der Waals surface area contributed by atoms with Gasteiger partial charge < -0.3 is 5.11 Å². The van der Waals surface area contributed by atoms with Gasteiger partial charge in [0.25, 0.3) is 0 Å². The molecular weight excluding hydrogens is 334 g/mol. The van der Waals surface area contributed by atoms with Crippen LogP contribution in [0.3, 0.4) is 0 Å². The van der Waals surface area contributed by atoms with Gasteiger partial charge in [0, 0.05) is 11.0 Å². The lowest BCUT2D eigenvalue weighted by Crippen LogP contribution is -2.26. The van der Waals surface area contributed by atoms with Crippen LogP contribution in [-0.4, -0.2) is 26.0 Å². The van der Waals surface area contributed by atoms with Gasteiger partial charge in [-0.2, -0.15) is 0 Å². The smallest absolute Gasteiger partial charge is 0.336 e. The van der Waals surface area contributed by atoms with Crippen molar-refractivity contribution in [1.29, 1.82) is 0 Å². The fourth-order valence-corrected chi connectivity index (χ4v) is 3.44. The third-order valence-electron chi connectivity index (χ3n) is 3.12. The topological polar surface area (TPSA) is 83.5 Å². The quantitative estimate of drug-likeness (QED) is 0.854. The fraction of sp³-hybridized carbons (Fsp3) is 0.417. The number of halogens is 1. The van der Waals surface area contributed by atoms with Crippen molar-refractivity contribution < 1.29 is 18.3 Å². The average molecular weight is 348 g/mol. The summed E-state index contributed by atoms with van der Waals surface area (Å²) in [6.45, 7) is 2.04. The first-order chi connectivity index (χ1) is 8.81. The Labute approximate surface area is 120 Å². The number of rotatable bonds is 5. The van der Waals surface area contributed by atoms with Crippen LogP contribution in [-0.2, 0) is 10.0 Å². The number of aromatic carboxylic acids is 1. The van der Waals surface area contributed by atoms with E-state index in [0.29, 0.717) is 22.5 Å². The minimum absolute atomic E-state index is 0.0128. The van der Waals surface area contributed by atoms with E-state index in [9.17, 15) is 13.2 Å². The van der Waals surface area contributed by atoms with Gasteiger partial charge in [-0.3, -0.25) is 0 Å². The van der Waals surface area contributed by atoms with E-state index in [-0.39, 0.29) is 10.5 Å². The lowest BCUT2D eigenvalue weighted by molar-refractivity contribution is 0.0695. The molecule has 1 aromatic rings. The highest BCUT2D eigenvalue weighted by molar-refractivity contribution is 9.10. The molecule has 2 N–H and O–H groups in total. The molecule has 2 rings (SSSR count). The Morgan fingerprint density at radius 2 is 2.11 bits per heavy atom. The molecule has 5 nitrogen and oxygen atoms in total. The Hall–Kier alpha value is -0.920. The van der Waals surface area contributed by atoms with Crippen molar-refractivity contribution in [3.05, 3.63) is 27.7 Å². The molecule has 0 bridgehead atoms. The maximum atomic E-state index is 12.1. The van der Waals surface area contributed by atoms with Gasteiger partial charge in [-0.15, -0.1) is 0 Å². The molecule has 1 aliphatic carbocycles. The van der Waals surface area contributed by atoms with Gasteiger partial charge in [-0.05, 0) is 43.4 Å². The molecule has 1 fully saturated rings. The molecule has 0 saturated heterocycles. The second kappa shape index (κ2) is 5.22. The van der Waals surface area contributed by atoms with Crippen molar-refractivity contribution >= 4 is 31.9 Å². The highest BCUT2D eigenvalue weighted by Crippen LogP contribution is 2.29. The van der Waals surface area contributed by atoms with Crippen LogP contribution in [0.4, 0.5) is 0 Å². The van der Waals surface area contributed by atoms with E-state index in [1.165, 1.54) is 12.1 Å². The van der Waals surface area contributed by atoms with Crippen molar-refractivity contribution in [2.24, 2.45) is 5.92 Å². The second-order valence-electron chi connectivity index (χ2n) is 4.68. The molecule has 0 aliphatic heterocycles. The molecule has 0 atom stereocenters. The van der Waals surface area contributed by atoms with Gasteiger partial charge in [0.2, 0.25) is 10.0 Å². The predicted octanol–water partition coefficient (Wildman–Crippen LogP) is 2.14. The van der Waals surface area contributed by atoms with Crippen LogP contribution < -0.4 is 4.72 Å². The largest absolute Gasteiger partial charge is 0.478 e. The molecule has 1 aliphatic rings. The first kappa shape index (κ1) is 14.5. The Balaban J connectivity index is 2.35. The Kier molecular flexibility index (Phi) is 3.98. The third kappa shape index (κ3) is 3.34. The molecule has 0 aromatic heterocycles. The van der Waals surface area contributed by atoms with Gasteiger partial charge in [-0.1, -0.05) is 15.9 Å². The molecule has 0 amide bonds. The summed E-state index contributed by atoms with van der Waals surface area (Å²) < 4.78 is 27.1. The highest BCUT2D eigenvalue weighted by atomic mass is 79.9. The SMILES string of the molecule is Cc1c(Br)cc(S(=O)(=O)NCC2CC2)cc1C(=O)O. The van der Waals surface area contributed by atoms with Crippen LogP contribution in [0.5, 0.6) is 0 Å². The number of carboxylic acids is 1. The lowest BCUT2D eigenvalue weighted by Gasteiger charge is -2.10. The van der Waals surface area contributed by atoms with E-state index in [0.717, 1.165) is 12.8 Å². The summed E-state index contributed by atoms with van der Waals surface area (Å²) in [5, 5.41) is 9.07. The van der Waals surface area contributed by atoms with Gasteiger partial charge in [0.05, 0.1) is 10.5 Å². The summed E-state index contributed by atoms with van der Waals surface area (Å²) in [6.07, 6.45) is 2.08. The average Bonchev–Trinajstić information content (AvgIpc) is 3.13. The summed E-state index contributed by atoms with van der Waals surface area (Å²) in [4.78, 5) is 11.1. The zero-order valence-electron chi connectivity index (χ0n) is 10.3. The summed E-state index contributed by atoms with van der Waals surface area (Å²) in [5.74, 6) is -0.722. The minimum atomic E-state index is -3.65. The Morgan fingerprint density at radius 3 is 2.63 bits per heavy atom. The maximum Gasteiger partial charge on any atom is 0.336 e. The number of carbonyl (C=O) groups is 1. The van der Waals surface area contributed by atoms with E-state index in [1.807, 2.05) is 0 Å². The van der Waals surface area contributed by atoms with Crippen molar-refractivity contribution in [2.45, 2.75) is 24.7 Å². The summed E-state index contributed by atoms with van der Waals surface area (Å²) in [6, 6.07) is 2.62. The Bertz CT molecular complexity index is 623. The molecular formula is C12H14BrNO4S. The van der Waals surface area contributed by atoms with E-state index >= 15 is 0 Å². The van der Waals surface area contributed by atoms with Crippen LogP contribution in [0.25, 0.3) is 0 Å². The van der Waals surface area contributed by atoms with Gasteiger partial charge in [-0.25, -0.2) is 17.9 Å². The molecule has 1 saturated carbocycles. The number of hydrogen-bond donors (Lipinski definition) is 2. The number of nitrogens with one attached hydrogen (secondary N) is 1. The Morgan fingerprint density at radius 1 is 1.47 bits per heavy atom. The normalized spacial score (nSPS) is 15.5. The lowest BCUT2D eigenvalue weighted by atomic mass is 10.1. The van der Waals surface area contributed by atoms with Crippen molar-refractivity contribution in [2.75, 3.05) is 6.54 Å².